The van der Waals surface area contributed by atoms with Gasteiger partial charge >= 0.3 is 0 Å². The van der Waals surface area contributed by atoms with Crippen LogP contribution >= 0.6 is 0 Å². The zero-order valence-electron chi connectivity index (χ0n) is 22.0. The number of pyridine rings is 1. The van der Waals surface area contributed by atoms with E-state index in [1.54, 1.807) is 17.2 Å². The summed E-state index contributed by atoms with van der Waals surface area (Å²) >= 11 is 0. The number of nitrogens with two attached hydrogens (primary N) is 1. The summed E-state index contributed by atoms with van der Waals surface area (Å²) in [6.07, 6.45) is 3.91. The van der Waals surface area contributed by atoms with Crippen molar-refractivity contribution in [3.05, 3.63) is 59.5 Å². The number of carbonyl (C=O) groups excluding carboxylic acids is 2. The molecule has 2 aliphatic heterocycles. The molecule has 2 amide bonds. The van der Waals surface area contributed by atoms with Gasteiger partial charge in [-0.2, -0.15) is 0 Å². The second kappa shape index (κ2) is 10.7. The third-order valence-corrected chi connectivity index (χ3v) is 7.34. The van der Waals surface area contributed by atoms with Crippen LogP contribution in [0.2, 0.25) is 0 Å². The van der Waals surface area contributed by atoms with E-state index in [0.29, 0.717) is 47.2 Å². The average Bonchev–Trinajstić information content (AvgIpc) is 3.39. The number of nitrogens with zero attached hydrogens (tertiary/aromatic N) is 3. The molecule has 0 saturated carbocycles. The number of nitrogens with one attached hydrogen (secondary N) is 1. The maximum atomic E-state index is 14.4. The van der Waals surface area contributed by atoms with Crippen molar-refractivity contribution in [2.45, 2.75) is 44.9 Å². The third kappa shape index (κ3) is 5.35. The highest BCUT2D eigenvalue weighted by Gasteiger charge is 2.29. The summed E-state index contributed by atoms with van der Waals surface area (Å²) < 4.78 is 20.3. The largest absolute Gasteiger partial charge is 0.372 e. The molecule has 2 fully saturated rings. The van der Waals surface area contributed by atoms with E-state index in [1.807, 2.05) is 39.1 Å². The van der Waals surface area contributed by atoms with E-state index in [0.717, 1.165) is 31.1 Å². The topological polar surface area (TPSA) is 101 Å². The molecule has 8 nitrogen and oxygen atoms in total. The molecule has 1 aromatic heterocycles. The fraction of sp³-hybridized carbons (Fsp3) is 0.414. The molecule has 0 spiro atoms. The number of halogens is 1. The first-order valence-corrected chi connectivity index (χ1v) is 13.1. The normalized spacial score (nSPS) is 21.6. The smallest absolute Gasteiger partial charge is 0.256 e. The third-order valence-electron chi connectivity index (χ3n) is 7.34. The van der Waals surface area contributed by atoms with Crippen LogP contribution in [0.5, 0.6) is 0 Å². The molecule has 2 aromatic carbocycles. The van der Waals surface area contributed by atoms with Crippen LogP contribution in [0.4, 0.5) is 10.1 Å². The lowest BCUT2D eigenvalue weighted by Crippen LogP contribution is -2.46. The summed E-state index contributed by atoms with van der Waals surface area (Å²) in [5.41, 5.74) is 8.65. The van der Waals surface area contributed by atoms with Gasteiger partial charge in [-0.3, -0.25) is 14.6 Å². The molecule has 2 saturated heterocycles. The predicted octanol–water partition coefficient (Wildman–Crippen LogP) is 3.58. The molecular formula is C29H34FN5O3. The molecule has 200 valence electrons. The Bertz CT molecular complexity index is 1360. The van der Waals surface area contributed by atoms with E-state index in [-0.39, 0.29) is 29.7 Å². The number of aromatic nitrogens is 1. The van der Waals surface area contributed by atoms with E-state index in [1.165, 1.54) is 6.07 Å². The molecule has 0 radical (unpaired) electrons. The van der Waals surface area contributed by atoms with Crippen molar-refractivity contribution in [1.29, 1.82) is 0 Å². The number of likely N-dealkylation sites (N-methyl/N-ethyl adjacent to an activating group) is 1. The Morgan fingerprint density at radius 2 is 1.92 bits per heavy atom. The first-order valence-electron chi connectivity index (χ1n) is 13.1. The average molecular weight is 520 g/mol. The number of hydrogen-bond donors (Lipinski definition) is 2. The molecule has 0 bridgehead atoms. The van der Waals surface area contributed by atoms with E-state index in [2.05, 4.69) is 10.2 Å². The van der Waals surface area contributed by atoms with Gasteiger partial charge in [0.1, 0.15) is 5.82 Å². The van der Waals surface area contributed by atoms with Gasteiger partial charge in [0.15, 0.2) is 0 Å². The van der Waals surface area contributed by atoms with Gasteiger partial charge in [0.25, 0.3) is 5.91 Å². The van der Waals surface area contributed by atoms with Gasteiger partial charge in [-0.05, 0) is 74.7 Å². The number of fused-ring (bicyclic) bond motifs is 1. The van der Waals surface area contributed by atoms with Crippen LogP contribution in [0.3, 0.4) is 0 Å². The highest BCUT2D eigenvalue weighted by atomic mass is 19.1. The Labute approximate surface area is 221 Å². The monoisotopic (exact) mass is 519 g/mol. The van der Waals surface area contributed by atoms with Crippen LogP contribution in [-0.2, 0) is 4.74 Å². The lowest BCUT2D eigenvalue weighted by molar-refractivity contribution is -0.00530. The van der Waals surface area contributed by atoms with Crippen LogP contribution in [0.15, 0.2) is 42.6 Å². The lowest BCUT2D eigenvalue weighted by atomic mass is 9.97. The number of primary amides is 1. The maximum Gasteiger partial charge on any atom is 0.256 e. The standard InChI is InChI=1S/C29H34FN5O3/c1-17-14-35(15-18(2)38-17)26-13-33-25-7-6-19(20-9-21(28(31)36)11-22(30)10-20)12-24(25)27(26)29(37)34(3)16-23-5-4-8-32-23/h6-7,9-13,17-18,23,32H,4-5,8,14-16H2,1-3H3,(H2,31,36)/t17-,18+,23-/m0/s1. The number of amides is 2. The summed E-state index contributed by atoms with van der Waals surface area (Å²) in [7, 11) is 1.83. The van der Waals surface area contributed by atoms with E-state index >= 15 is 0 Å². The maximum absolute atomic E-state index is 14.4. The number of benzene rings is 2. The molecule has 2 aliphatic rings. The minimum absolute atomic E-state index is 0.00339. The fourth-order valence-corrected chi connectivity index (χ4v) is 5.62. The molecule has 3 atom stereocenters. The van der Waals surface area contributed by atoms with Crippen LogP contribution in [-0.4, -0.2) is 73.2 Å². The molecule has 3 heterocycles. The fourth-order valence-electron chi connectivity index (χ4n) is 5.62. The number of morpholine rings is 1. The van der Waals surface area contributed by atoms with Crippen molar-refractivity contribution in [3.8, 4) is 11.1 Å². The highest BCUT2D eigenvalue weighted by Crippen LogP contribution is 2.34. The van der Waals surface area contributed by atoms with E-state index in [9.17, 15) is 14.0 Å². The second-order valence-corrected chi connectivity index (χ2v) is 10.5. The number of rotatable bonds is 6. The molecule has 38 heavy (non-hydrogen) atoms. The Morgan fingerprint density at radius 3 is 2.61 bits per heavy atom. The molecule has 9 heteroatoms. The van der Waals surface area contributed by atoms with Gasteiger partial charge in [-0.15, -0.1) is 0 Å². The second-order valence-electron chi connectivity index (χ2n) is 10.5. The van der Waals surface area contributed by atoms with Crippen molar-refractivity contribution < 1.29 is 18.7 Å². The Morgan fingerprint density at radius 1 is 1.16 bits per heavy atom. The summed E-state index contributed by atoms with van der Waals surface area (Å²) in [5, 5.41) is 4.14. The molecule has 3 aromatic rings. The zero-order valence-corrected chi connectivity index (χ0v) is 22.0. The summed E-state index contributed by atoms with van der Waals surface area (Å²) in [5.74, 6) is -1.36. The minimum atomic E-state index is -0.705. The Balaban J connectivity index is 1.64. The molecule has 0 aliphatic carbocycles. The summed E-state index contributed by atoms with van der Waals surface area (Å²) in [6, 6.07) is 9.79. The van der Waals surface area contributed by atoms with Crippen LogP contribution in [0.25, 0.3) is 22.0 Å². The minimum Gasteiger partial charge on any atom is -0.372 e. The van der Waals surface area contributed by atoms with E-state index in [4.69, 9.17) is 15.5 Å². The van der Waals surface area contributed by atoms with E-state index < -0.39 is 11.7 Å². The number of ether oxygens (including phenoxy) is 1. The molecule has 3 N–H and O–H groups in total. The quantitative estimate of drug-likeness (QED) is 0.516. The number of carbonyl (C=O) groups is 2. The van der Waals surface area contributed by atoms with Gasteiger partial charge in [0.2, 0.25) is 5.91 Å². The van der Waals surface area contributed by atoms with Gasteiger partial charge in [0, 0.05) is 43.7 Å². The summed E-state index contributed by atoms with van der Waals surface area (Å²) in [6.45, 7) is 6.88. The van der Waals surface area contributed by atoms with Crippen LogP contribution < -0.4 is 16.0 Å². The zero-order chi connectivity index (χ0) is 27.0. The molecule has 0 unspecified atom stereocenters. The van der Waals surface area contributed by atoms with Crippen molar-refractivity contribution in [1.82, 2.24) is 15.2 Å². The van der Waals surface area contributed by atoms with Gasteiger partial charge in [-0.1, -0.05) is 6.07 Å². The van der Waals surface area contributed by atoms with Crippen molar-refractivity contribution >= 4 is 28.4 Å². The number of hydrogen-bond acceptors (Lipinski definition) is 6. The predicted molar refractivity (Wildman–Crippen MR) is 146 cm³/mol. The first kappa shape index (κ1) is 26.1. The highest BCUT2D eigenvalue weighted by molar-refractivity contribution is 6.11. The van der Waals surface area contributed by atoms with Crippen LogP contribution in [0, 0.1) is 5.82 Å². The van der Waals surface area contributed by atoms with Crippen molar-refractivity contribution in [2.24, 2.45) is 5.73 Å². The van der Waals surface area contributed by atoms with Gasteiger partial charge in [0.05, 0.1) is 35.2 Å². The van der Waals surface area contributed by atoms with Crippen molar-refractivity contribution in [2.75, 3.05) is 38.1 Å². The first-order chi connectivity index (χ1) is 18.2. The molecular weight excluding hydrogens is 485 g/mol. The Kier molecular flexibility index (Phi) is 7.32. The Hall–Kier alpha value is -3.56. The lowest BCUT2D eigenvalue weighted by Gasteiger charge is -2.38. The summed E-state index contributed by atoms with van der Waals surface area (Å²) in [4.78, 5) is 34.5. The number of anilines is 1. The van der Waals surface area contributed by atoms with Gasteiger partial charge in [-0.25, -0.2) is 4.39 Å². The van der Waals surface area contributed by atoms with Crippen LogP contribution in [0.1, 0.15) is 47.4 Å². The van der Waals surface area contributed by atoms with Gasteiger partial charge < -0.3 is 25.6 Å². The van der Waals surface area contributed by atoms with Crippen molar-refractivity contribution in [3.63, 3.8) is 0 Å². The molecule has 5 rings (SSSR count). The SMILES string of the molecule is C[C@@H]1CN(c2cnc3ccc(-c4cc(F)cc(C(N)=O)c4)cc3c2C(=O)N(C)C[C@@H]2CCCN2)C[C@H](C)O1.